The highest BCUT2D eigenvalue weighted by Gasteiger charge is 2.19. The van der Waals surface area contributed by atoms with Crippen molar-refractivity contribution in [1.29, 1.82) is 0 Å². The third-order valence-corrected chi connectivity index (χ3v) is 9.88. The molecule has 0 heterocycles. The highest BCUT2D eigenvalue weighted by atomic mass is 16.6. The molecular formula is C56H88O6. The Kier molecular flexibility index (Phi) is 46.1. The largest absolute Gasteiger partial charge is 0.462 e. The molecule has 0 N–H and O–H groups in total. The quantitative estimate of drug-likeness (QED) is 0.0200. The van der Waals surface area contributed by atoms with Gasteiger partial charge in [0.05, 0.1) is 0 Å². The van der Waals surface area contributed by atoms with Gasteiger partial charge in [0.2, 0.25) is 0 Å². The molecule has 0 aromatic carbocycles. The van der Waals surface area contributed by atoms with Crippen LogP contribution in [0.15, 0.2) is 122 Å². The van der Waals surface area contributed by atoms with E-state index in [0.717, 1.165) is 96.3 Å². The van der Waals surface area contributed by atoms with E-state index >= 15 is 0 Å². The minimum Gasteiger partial charge on any atom is -0.462 e. The molecule has 348 valence electrons. The summed E-state index contributed by atoms with van der Waals surface area (Å²) in [7, 11) is 0. The van der Waals surface area contributed by atoms with Gasteiger partial charge in [0, 0.05) is 19.3 Å². The third kappa shape index (κ3) is 46.9. The fourth-order valence-electron chi connectivity index (χ4n) is 6.22. The SMILES string of the molecule is CC\C=C/C=C\C=C/C=C\C=C\C=C/C=C\CCCCCC(=O)OCC(COC(=O)CCCC/C=C\C/C=C\CC)OC(=O)CCCCCCC/C=C\CCCCCCCCC. The number of unbranched alkanes of at least 4 members (excludes halogenated alkanes) is 17. The molecule has 1 atom stereocenters. The van der Waals surface area contributed by atoms with E-state index < -0.39 is 6.10 Å². The van der Waals surface area contributed by atoms with Crippen LogP contribution in [-0.2, 0) is 28.6 Å². The molecule has 6 heteroatoms. The van der Waals surface area contributed by atoms with Gasteiger partial charge in [0.25, 0.3) is 0 Å². The summed E-state index contributed by atoms with van der Waals surface area (Å²) in [6.07, 6.45) is 67.6. The summed E-state index contributed by atoms with van der Waals surface area (Å²) < 4.78 is 16.7. The highest BCUT2D eigenvalue weighted by Crippen LogP contribution is 2.13. The maximum Gasteiger partial charge on any atom is 0.306 e. The fraction of sp³-hybridized carbons (Fsp3) is 0.589. The van der Waals surface area contributed by atoms with Gasteiger partial charge in [0.15, 0.2) is 6.10 Å². The molecule has 0 aliphatic rings. The van der Waals surface area contributed by atoms with Gasteiger partial charge >= 0.3 is 17.9 Å². The van der Waals surface area contributed by atoms with Crippen molar-refractivity contribution < 1.29 is 28.6 Å². The lowest BCUT2D eigenvalue weighted by Crippen LogP contribution is -2.30. The molecule has 0 aromatic rings. The summed E-state index contributed by atoms with van der Waals surface area (Å²) in [5, 5.41) is 0. The maximum absolute atomic E-state index is 12.8. The van der Waals surface area contributed by atoms with Gasteiger partial charge in [-0.3, -0.25) is 14.4 Å². The fourth-order valence-corrected chi connectivity index (χ4v) is 6.22. The molecular weight excluding hydrogens is 769 g/mol. The van der Waals surface area contributed by atoms with Gasteiger partial charge < -0.3 is 14.2 Å². The molecule has 0 fully saturated rings. The van der Waals surface area contributed by atoms with Crippen LogP contribution in [0.3, 0.4) is 0 Å². The highest BCUT2D eigenvalue weighted by molar-refractivity contribution is 5.71. The summed E-state index contributed by atoms with van der Waals surface area (Å²) in [4.78, 5) is 37.8. The van der Waals surface area contributed by atoms with Crippen molar-refractivity contribution in [2.24, 2.45) is 0 Å². The van der Waals surface area contributed by atoms with Gasteiger partial charge in [-0.1, -0.05) is 206 Å². The Hall–Kier alpha value is -4.19. The molecule has 0 radical (unpaired) electrons. The Morgan fingerprint density at radius 2 is 0.710 bits per heavy atom. The first-order valence-electron chi connectivity index (χ1n) is 24.6. The van der Waals surface area contributed by atoms with Crippen molar-refractivity contribution in [3.63, 3.8) is 0 Å². The number of carbonyl (C=O) groups is 3. The number of ether oxygens (including phenoxy) is 3. The van der Waals surface area contributed by atoms with E-state index in [1.165, 1.54) is 57.8 Å². The zero-order valence-corrected chi connectivity index (χ0v) is 39.6. The van der Waals surface area contributed by atoms with E-state index in [0.29, 0.717) is 19.3 Å². The average molecular weight is 857 g/mol. The normalized spacial score (nSPS) is 13.1. The number of hydrogen-bond acceptors (Lipinski definition) is 6. The molecule has 62 heavy (non-hydrogen) atoms. The molecule has 0 spiro atoms. The standard InChI is InChI=1S/C56H88O6/c1-4-7-10-13-16-19-21-23-25-27-28-29-31-32-34-37-40-43-46-49-55(58)61-52-53(51-60-54(57)48-45-42-39-36-18-15-12-9-6-3)62-56(59)50-47-44-41-38-35-33-30-26-24-22-20-17-14-11-8-5-2/h7,9-10,12-13,16,18-19,21,23,25-32,34,36,53H,4-6,8,11,14-15,17,20,22,24,33,35,37-52H2,1-3H3/b10-7-,12-9-,16-13-,21-19-,25-23-,28-27+,30-26-,31-29-,34-32-,36-18-. The zero-order valence-electron chi connectivity index (χ0n) is 39.6. The van der Waals surface area contributed by atoms with E-state index in [2.05, 4.69) is 69.4 Å². The Bertz CT molecular complexity index is 1350. The van der Waals surface area contributed by atoms with Crippen LogP contribution in [0.5, 0.6) is 0 Å². The minimum absolute atomic E-state index is 0.117. The van der Waals surface area contributed by atoms with Crippen LogP contribution >= 0.6 is 0 Å². The van der Waals surface area contributed by atoms with Gasteiger partial charge in [0.1, 0.15) is 13.2 Å². The van der Waals surface area contributed by atoms with Crippen molar-refractivity contribution in [1.82, 2.24) is 0 Å². The van der Waals surface area contributed by atoms with E-state index in [1.54, 1.807) is 0 Å². The first-order valence-corrected chi connectivity index (χ1v) is 24.6. The van der Waals surface area contributed by atoms with Crippen LogP contribution in [0.4, 0.5) is 0 Å². The lowest BCUT2D eigenvalue weighted by atomic mass is 10.1. The van der Waals surface area contributed by atoms with Crippen molar-refractivity contribution in [2.75, 3.05) is 13.2 Å². The predicted octanol–water partition coefficient (Wildman–Crippen LogP) is 16.1. The number of allylic oxidation sites excluding steroid dienone is 20. The zero-order chi connectivity index (χ0) is 45.1. The predicted molar refractivity (Wildman–Crippen MR) is 265 cm³/mol. The molecule has 0 aromatic heterocycles. The van der Waals surface area contributed by atoms with E-state index in [4.69, 9.17) is 14.2 Å². The van der Waals surface area contributed by atoms with Crippen LogP contribution < -0.4 is 0 Å². The van der Waals surface area contributed by atoms with Gasteiger partial charge in [-0.25, -0.2) is 0 Å². The minimum atomic E-state index is -0.816. The number of hydrogen-bond donors (Lipinski definition) is 0. The lowest BCUT2D eigenvalue weighted by molar-refractivity contribution is -0.167. The second-order valence-electron chi connectivity index (χ2n) is 15.8. The molecule has 6 nitrogen and oxygen atoms in total. The van der Waals surface area contributed by atoms with Gasteiger partial charge in [-0.05, 0) is 89.9 Å². The topological polar surface area (TPSA) is 78.9 Å². The van der Waals surface area contributed by atoms with Gasteiger partial charge in [-0.2, -0.15) is 0 Å². The lowest BCUT2D eigenvalue weighted by Gasteiger charge is -2.18. The number of carbonyl (C=O) groups excluding carboxylic acids is 3. The van der Waals surface area contributed by atoms with Crippen LogP contribution in [-0.4, -0.2) is 37.2 Å². The first kappa shape index (κ1) is 57.8. The third-order valence-electron chi connectivity index (χ3n) is 9.88. The first-order chi connectivity index (χ1) is 30.5. The number of esters is 3. The summed E-state index contributed by atoms with van der Waals surface area (Å²) in [6, 6.07) is 0. The Balaban J connectivity index is 4.50. The smallest absolute Gasteiger partial charge is 0.306 e. The summed E-state index contributed by atoms with van der Waals surface area (Å²) >= 11 is 0. The van der Waals surface area contributed by atoms with Gasteiger partial charge in [-0.15, -0.1) is 0 Å². The van der Waals surface area contributed by atoms with E-state index in [9.17, 15) is 14.4 Å². The van der Waals surface area contributed by atoms with Crippen molar-refractivity contribution in [3.05, 3.63) is 122 Å². The van der Waals surface area contributed by atoms with Crippen LogP contribution in [0, 0.1) is 0 Å². The molecule has 0 rings (SSSR count). The average Bonchev–Trinajstić information content (AvgIpc) is 3.27. The van der Waals surface area contributed by atoms with Crippen molar-refractivity contribution in [3.8, 4) is 0 Å². The Morgan fingerprint density at radius 1 is 0.355 bits per heavy atom. The summed E-state index contributed by atoms with van der Waals surface area (Å²) in [5.74, 6) is -1.01. The summed E-state index contributed by atoms with van der Waals surface area (Å²) in [6.45, 7) is 6.26. The molecule has 0 saturated heterocycles. The summed E-state index contributed by atoms with van der Waals surface area (Å²) in [5.41, 5.74) is 0. The monoisotopic (exact) mass is 857 g/mol. The van der Waals surface area contributed by atoms with Crippen LogP contribution in [0.25, 0.3) is 0 Å². The Labute approximate surface area is 380 Å². The molecule has 0 saturated carbocycles. The molecule has 0 aliphatic carbocycles. The van der Waals surface area contributed by atoms with E-state index in [-0.39, 0.29) is 31.1 Å². The molecule has 0 amide bonds. The van der Waals surface area contributed by atoms with E-state index in [1.807, 2.05) is 72.9 Å². The molecule has 1 unspecified atom stereocenters. The second-order valence-corrected chi connectivity index (χ2v) is 15.8. The molecule has 0 aliphatic heterocycles. The Morgan fingerprint density at radius 3 is 1.23 bits per heavy atom. The maximum atomic E-state index is 12.8. The van der Waals surface area contributed by atoms with Crippen LogP contribution in [0.1, 0.15) is 194 Å². The van der Waals surface area contributed by atoms with Crippen molar-refractivity contribution >= 4 is 17.9 Å². The van der Waals surface area contributed by atoms with Crippen molar-refractivity contribution in [2.45, 2.75) is 200 Å². The van der Waals surface area contributed by atoms with Crippen LogP contribution in [0.2, 0.25) is 0 Å². The second kappa shape index (κ2) is 49.5. The number of rotatable bonds is 42. The molecule has 0 bridgehead atoms.